The van der Waals surface area contributed by atoms with Crippen molar-refractivity contribution in [1.82, 2.24) is 0 Å². The molecule has 0 unspecified atom stereocenters. The molecule has 4 rings (SSSR count). The molecule has 0 amide bonds. The molecule has 0 spiro atoms. The minimum atomic E-state index is 0. The topological polar surface area (TPSA) is 0 Å². The first kappa shape index (κ1) is 21.4. The summed E-state index contributed by atoms with van der Waals surface area (Å²) in [7, 11) is 0. The van der Waals surface area contributed by atoms with E-state index in [1.165, 1.54) is 11.1 Å². The van der Waals surface area contributed by atoms with Gasteiger partial charge < -0.3 is 0 Å². The zero-order chi connectivity index (χ0) is 14.6. The smallest absolute Gasteiger partial charge is 0.214 e. The second kappa shape index (κ2) is 14.1. The van der Waals surface area contributed by atoms with E-state index < -0.39 is 0 Å². The third-order valence-corrected chi connectivity index (χ3v) is 2.98. The molecule has 0 bridgehead atoms. The van der Waals surface area contributed by atoms with Gasteiger partial charge in [-0.05, 0) is 0 Å². The van der Waals surface area contributed by atoms with Crippen molar-refractivity contribution in [1.29, 1.82) is 0 Å². The third-order valence-electron chi connectivity index (χ3n) is 2.98. The Balaban J connectivity index is 0.000000342. The second-order valence-electron chi connectivity index (χ2n) is 4.69. The van der Waals surface area contributed by atoms with Crippen LogP contribution in [0, 0.1) is 0 Å². The van der Waals surface area contributed by atoms with E-state index in [-0.39, 0.29) is 34.1 Å². The summed E-state index contributed by atoms with van der Waals surface area (Å²) in [6.07, 6.45) is 1.07. The average molecular weight is 384 g/mol. The van der Waals surface area contributed by atoms with Gasteiger partial charge in [0.15, 0.2) is 0 Å². The summed E-state index contributed by atoms with van der Waals surface area (Å²) in [6.45, 7) is 0. The molecule has 0 atom stereocenters. The van der Waals surface area contributed by atoms with E-state index >= 15 is 0 Å². The summed E-state index contributed by atoms with van der Waals surface area (Å²) >= 11 is 0. The van der Waals surface area contributed by atoms with Crippen LogP contribution in [0.5, 0.6) is 0 Å². The fraction of sp³-hybridized carbons (Fsp3) is 0.0476. The first-order valence-corrected chi connectivity index (χ1v) is 7.20. The Bertz CT molecular complexity index is 519. The van der Waals surface area contributed by atoms with E-state index in [1.807, 2.05) is 60.7 Å². The molecule has 0 radical (unpaired) electrons. The van der Waals surface area contributed by atoms with Crippen LogP contribution in [0.1, 0.15) is 11.1 Å². The van der Waals surface area contributed by atoms with Crippen LogP contribution in [0.25, 0.3) is 0 Å². The van der Waals surface area contributed by atoms with Crippen LogP contribution >= 0.6 is 0 Å². The van der Waals surface area contributed by atoms with Crippen molar-refractivity contribution in [3.8, 4) is 0 Å². The van der Waals surface area contributed by atoms with Crippen molar-refractivity contribution >= 4 is 0 Å². The van der Waals surface area contributed by atoms with Crippen LogP contribution in [0.2, 0.25) is 0 Å². The molecule has 0 saturated carbocycles. The van der Waals surface area contributed by atoms with E-state index in [4.69, 9.17) is 0 Å². The average Bonchev–Trinajstić information content (AvgIpc) is 3.30. The van der Waals surface area contributed by atoms with Crippen molar-refractivity contribution in [3.63, 3.8) is 0 Å². The third kappa shape index (κ3) is 9.94. The summed E-state index contributed by atoms with van der Waals surface area (Å²) in [5.41, 5.74) is 2.80. The molecule has 0 heterocycles. The molecule has 4 aromatic rings. The number of rotatable bonds is 2. The summed E-state index contributed by atoms with van der Waals surface area (Å²) in [5, 5.41) is 0. The van der Waals surface area contributed by atoms with Crippen LogP contribution < -0.4 is 0 Å². The molecule has 0 aromatic heterocycles. The molecular formula is C21H20Fe2. The fourth-order valence-corrected chi connectivity index (χ4v) is 1.94. The minimum absolute atomic E-state index is 0. The first-order valence-electron chi connectivity index (χ1n) is 7.20. The van der Waals surface area contributed by atoms with Crippen LogP contribution in [0.15, 0.2) is 109 Å². The van der Waals surface area contributed by atoms with Gasteiger partial charge >= 0.3 is 34.1 Å². The van der Waals surface area contributed by atoms with Gasteiger partial charge in [-0.1, -0.05) is 6.42 Å². The number of hydrogen-bond acceptors (Lipinski definition) is 0. The molecule has 23 heavy (non-hydrogen) atoms. The molecular weight excluding hydrogens is 364 g/mol. The van der Waals surface area contributed by atoms with Crippen molar-refractivity contribution in [2.24, 2.45) is 0 Å². The predicted octanol–water partition coefficient (Wildman–Crippen LogP) is 5.52. The van der Waals surface area contributed by atoms with E-state index in [9.17, 15) is 0 Å². The molecule has 0 saturated heterocycles. The van der Waals surface area contributed by atoms with Gasteiger partial charge in [0.2, 0.25) is 0 Å². The largest absolute Gasteiger partial charge is 2.00 e. The maximum Gasteiger partial charge on any atom is 2.00 e. The van der Waals surface area contributed by atoms with Gasteiger partial charge in [-0.3, -0.25) is 0 Å². The van der Waals surface area contributed by atoms with Gasteiger partial charge in [0, 0.05) is 0 Å². The van der Waals surface area contributed by atoms with Crippen LogP contribution in [-0.2, 0) is 40.6 Å². The summed E-state index contributed by atoms with van der Waals surface area (Å²) in [6, 6.07) is 37.0. The van der Waals surface area contributed by atoms with E-state index in [0.29, 0.717) is 0 Å². The molecule has 0 fully saturated rings. The van der Waals surface area contributed by atoms with Crippen molar-refractivity contribution < 1.29 is 34.1 Å². The normalized spacial score (nSPS) is 8.35. The fourth-order valence-electron chi connectivity index (χ4n) is 1.94. The molecule has 0 aliphatic carbocycles. The summed E-state index contributed by atoms with van der Waals surface area (Å²) in [5.74, 6) is 0. The molecule has 0 aliphatic rings. The van der Waals surface area contributed by atoms with E-state index in [2.05, 4.69) is 48.5 Å². The van der Waals surface area contributed by atoms with Gasteiger partial charge in [0.05, 0.1) is 0 Å². The summed E-state index contributed by atoms with van der Waals surface area (Å²) in [4.78, 5) is 0. The Morgan fingerprint density at radius 3 is 1.00 bits per heavy atom. The van der Waals surface area contributed by atoms with E-state index in [1.54, 1.807) is 0 Å². The molecule has 0 nitrogen and oxygen atoms in total. The zero-order valence-corrected chi connectivity index (χ0v) is 15.0. The summed E-state index contributed by atoms with van der Waals surface area (Å²) < 4.78 is 0. The zero-order valence-electron chi connectivity index (χ0n) is 12.8. The maximum absolute atomic E-state index is 2.16. The Morgan fingerprint density at radius 1 is 0.478 bits per heavy atom. The molecule has 0 aliphatic heterocycles. The van der Waals surface area contributed by atoms with Gasteiger partial charge in [-0.15, -0.1) is 0 Å². The second-order valence-corrected chi connectivity index (χ2v) is 4.69. The monoisotopic (exact) mass is 384 g/mol. The minimum Gasteiger partial charge on any atom is -0.214 e. The Labute approximate surface area is 160 Å². The molecule has 4 aromatic carbocycles. The van der Waals surface area contributed by atoms with Crippen molar-refractivity contribution in [2.75, 3.05) is 0 Å². The van der Waals surface area contributed by atoms with Gasteiger partial charge in [0.1, 0.15) is 0 Å². The van der Waals surface area contributed by atoms with Gasteiger partial charge in [-0.2, -0.15) is 71.8 Å². The van der Waals surface area contributed by atoms with Crippen molar-refractivity contribution in [3.05, 3.63) is 120 Å². The molecule has 120 valence electrons. The predicted molar refractivity (Wildman–Crippen MR) is 90.9 cm³/mol. The van der Waals surface area contributed by atoms with Crippen LogP contribution in [0.4, 0.5) is 0 Å². The van der Waals surface area contributed by atoms with Gasteiger partial charge in [0.25, 0.3) is 0 Å². The molecule has 0 N–H and O–H groups in total. The number of hydrogen-bond donors (Lipinski definition) is 0. The quantitative estimate of drug-likeness (QED) is 0.315. The Kier molecular flexibility index (Phi) is 13.1. The SMILES string of the molecule is [Fe+2].[Fe+2].c1cc[c-](C[c-]2cccc2)c1.c1cc[cH-]c1.c1cc[cH-]c1. The van der Waals surface area contributed by atoms with Crippen LogP contribution in [-0.4, -0.2) is 0 Å². The van der Waals surface area contributed by atoms with E-state index in [0.717, 1.165) is 6.42 Å². The molecule has 2 heteroatoms. The Hall–Kier alpha value is -1.56. The standard InChI is InChI=1S/C11H10.2C5H5.2Fe/c1-2-6-10(5-1)9-11-7-3-4-8-11;2*1-2-4-5-3-1;;/h1-8H,9H2;2*1-5H;;/q-2;2*-1;2*+2. The van der Waals surface area contributed by atoms with Crippen LogP contribution in [0.3, 0.4) is 0 Å². The Morgan fingerprint density at radius 2 is 0.783 bits per heavy atom. The van der Waals surface area contributed by atoms with Gasteiger partial charge in [-0.25, -0.2) is 48.5 Å². The first-order chi connectivity index (χ1) is 10.4. The maximum atomic E-state index is 2.16. The van der Waals surface area contributed by atoms with Crippen molar-refractivity contribution in [2.45, 2.75) is 6.42 Å².